The molecule has 0 aliphatic rings. The number of fused-ring (bicyclic) bond motifs is 1. The monoisotopic (exact) mass is 390 g/mol. The fourth-order valence-electron chi connectivity index (χ4n) is 2.83. The third-order valence-electron chi connectivity index (χ3n) is 4.14. The first-order chi connectivity index (χ1) is 13.5. The minimum absolute atomic E-state index is 0.0507. The van der Waals surface area contributed by atoms with Crippen LogP contribution in [0.25, 0.3) is 21.5 Å². The Kier molecular flexibility index (Phi) is 4.18. The van der Waals surface area contributed by atoms with Crippen LogP contribution < -0.4 is 16.8 Å². The number of carbonyl (C=O) groups excluding carboxylic acids is 1. The number of hydrogen-bond acceptors (Lipinski definition) is 8. The van der Waals surface area contributed by atoms with E-state index in [2.05, 4.69) is 15.3 Å². The van der Waals surface area contributed by atoms with Gasteiger partial charge < -0.3 is 21.2 Å². The normalized spacial score (nSPS) is 10.7. The van der Waals surface area contributed by atoms with E-state index in [1.54, 1.807) is 24.4 Å². The number of thiophene rings is 1. The van der Waals surface area contributed by atoms with E-state index in [0.29, 0.717) is 27.4 Å². The highest BCUT2D eigenvalue weighted by molar-refractivity contribution is 7.21. The number of anilines is 3. The second kappa shape index (κ2) is 6.68. The molecule has 28 heavy (non-hydrogen) atoms. The van der Waals surface area contributed by atoms with E-state index in [1.165, 1.54) is 6.26 Å². The van der Waals surface area contributed by atoms with Crippen molar-refractivity contribution in [3.05, 3.63) is 52.7 Å². The molecule has 1 amide bonds. The number of hydrogen-bond donors (Lipinski definition) is 3. The summed E-state index contributed by atoms with van der Waals surface area (Å²) in [5.74, 6) is 0.463. The average molecular weight is 390 g/mol. The van der Waals surface area contributed by atoms with Crippen molar-refractivity contribution >= 4 is 44.8 Å². The molecular formula is C19H14N6O2S. The molecule has 0 aliphatic carbocycles. The zero-order chi connectivity index (χ0) is 19.8. The molecule has 138 valence electrons. The standard InChI is InChI=1S/C19H14N6O2S/c1-9-4-5-12(23-8-9)24-18(26)16-15(21)14-13(11-3-2-6-27-11)10(7-20)17(22)25-19(14)28-16/h2-6,8H,21H2,1H3,(H2,22,25)(H,23,24,26). The Balaban J connectivity index is 1.87. The molecule has 9 heteroatoms. The molecule has 0 atom stereocenters. The van der Waals surface area contributed by atoms with Gasteiger partial charge in [-0.05, 0) is 30.7 Å². The number of nitrogen functional groups attached to an aromatic ring is 2. The summed E-state index contributed by atoms with van der Waals surface area (Å²) in [5.41, 5.74) is 14.0. The lowest BCUT2D eigenvalue weighted by atomic mass is 10.0. The Morgan fingerprint density at radius 3 is 2.79 bits per heavy atom. The second-order valence-corrected chi connectivity index (χ2v) is 7.04. The van der Waals surface area contributed by atoms with E-state index >= 15 is 0 Å². The number of nitriles is 1. The molecule has 0 spiro atoms. The van der Waals surface area contributed by atoms with Gasteiger partial charge in [0, 0.05) is 11.6 Å². The molecule has 4 aromatic heterocycles. The molecule has 0 bridgehead atoms. The van der Waals surface area contributed by atoms with Gasteiger partial charge in [-0.2, -0.15) is 5.26 Å². The van der Waals surface area contributed by atoms with Crippen molar-refractivity contribution in [2.75, 3.05) is 16.8 Å². The number of pyridine rings is 2. The predicted octanol–water partition coefficient (Wildman–Crippen LogP) is 3.55. The van der Waals surface area contributed by atoms with E-state index in [4.69, 9.17) is 15.9 Å². The predicted molar refractivity (Wildman–Crippen MR) is 108 cm³/mol. The van der Waals surface area contributed by atoms with Crippen molar-refractivity contribution < 1.29 is 9.21 Å². The van der Waals surface area contributed by atoms with Gasteiger partial charge in [-0.25, -0.2) is 9.97 Å². The third-order valence-corrected chi connectivity index (χ3v) is 5.24. The zero-order valence-corrected chi connectivity index (χ0v) is 15.5. The van der Waals surface area contributed by atoms with Gasteiger partial charge in [0.25, 0.3) is 5.91 Å². The van der Waals surface area contributed by atoms with Gasteiger partial charge in [0.15, 0.2) is 0 Å². The smallest absolute Gasteiger partial charge is 0.269 e. The summed E-state index contributed by atoms with van der Waals surface area (Å²) in [6.45, 7) is 1.90. The third kappa shape index (κ3) is 2.82. The van der Waals surface area contributed by atoms with Crippen LogP contribution in [0.2, 0.25) is 0 Å². The van der Waals surface area contributed by atoms with Crippen LogP contribution >= 0.6 is 11.3 Å². The van der Waals surface area contributed by atoms with E-state index in [0.717, 1.165) is 16.9 Å². The summed E-state index contributed by atoms with van der Waals surface area (Å²) < 4.78 is 5.46. The van der Waals surface area contributed by atoms with Crippen LogP contribution in [0.3, 0.4) is 0 Å². The zero-order valence-electron chi connectivity index (χ0n) is 14.7. The van der Waals surface area contributed by atoms with Crippen LogP contribution in [0, 0.1) is 18.3 Å². The number of rotatable bonds is 3. The first kappa shape index (κ1) is 17.5. The molecule has 0 fully saturated rings. The molecule has 0 aliphatic heterocycles. The van der Waals surface area contributed by atoms with Gasteiger partial charge in [0.2, 0.25) is 0 Å². The number of carbonyl (C=O) groups is 1. The molecule has 4 aromatic rings. The molecule has 0 radical (unpaired) electrons. The number of furan rings is 1. The maximum absolute atomic E-state index is 12.8. The van der Waals surface area contributed by atoms with Crippen molar-refractivity contribution in [1.29, 1.82) is 5.26 Å². The lowest BCUT2D eigenvalue weighted by Crippen LogP contribution is -2.13. The first-order valence-corrected chi connectivity index (χ1v) is 9.00. The van der Waals surface area contributed by atoms with E-state index < -0.39 is 5.91 Å². The first-order valence-electron chi connectivity index (χ1n) is 8.19. The summed E-state index contributed by atoms with van der Waals surface area (Å²) in [6.07, 6.45) is 3.14. The highest BCUT2D eigenvalue weighted by Crippen LogP contribution is 2.42. The minimum Gasteiger partial charge on any atom is -0.464 e. The van der Waals surface area contributed by atoms with Crippen molar-refractivity contribution in [2.24, 2.45) is 0 Å². The number of nitrogens with zero attached hydrogens (tertiary/aromatic N) is 3. The number of nitrogens with one attached hydrogen (secondary N) is 1. The van der Waals surface area contributed by atoms with Crippen LogP contribution in [0.4, 0.5) is 17.3 Å². The van der Waals surface area contributed by atoms with Gasteiger partial charge >= 0.3 is 0 Å². The molecule has 0 unspecified atom stereocenters. The Bertz CT molecular complexity index is 1240. The van der Waals surface area contributed by atoms with Crippen LogP contribution in [-0.4, -0.2) is 15.9 Å². The molecular weight excluding hydrogens is 376 g/mol. The van der Waals surface area contributed by atoms with Crippen LogP contribution in [0.1, 0.15) is 20.8 Å². The molecule has 0 saturated heterocycles. The quantitative estimate of drug-likeness (QED) is 0.485. The Morgan fingerprint density at radius 1 is 1.32 bits per heavy atom. The average Bonchev–Trinajstić information content (AvgIpc) is 3.31. The molecule has 5 N–H and O–H groups in total. The summed E-state index contributed by atoms with van der Waals surface area (Å²) in [4.78, 5) is 21.9. The summed E-state index contributed by atoms with van der Waals surface area (Å²) in [7, 11) is 0. The molecule has 8 nitrogen and oxygen atoms in total. The SMILES string of the molecule is Cc1ccc(NC(=O)c2sc3nc(N)c(C#N)c(-c4ccco4)c3c2N)nc1. The number of aromatic nitrogens is 2. The van der Waals surface area contributed by atoms with E-state index in [9.17, 15) is 10.1 Å². The van der Waals surface area contributed by atoms with Gasteiger partial charge in [0.1, 0.15) is 38.7 Å². The van der Waals surface area contributed by atoms with Gasteiger partial charge in [-0.15, -0.1) is 11.3 Å². The minimum atomic E-state index is -0.417. The van der Waals surface area contributed by atoms with Crippen LogP contribution in [-0.2, 0) is 0 Å². The molecule has 4 rings (SSSR count). The lowest BCUT2D eigenvalue weighted by Gasteiger charge is -2.07. The lowest BCUT2D eigenvalue weighted by molar-refractivity contribution is 0.103. The topological polar surface area (TPSA) is 144 Å². The largest absolute Gasteiger partial charge is 0.464 e. The Morgan fingerprint density at radius 2 is 2.14 bits per heavy atom. The second-order valence-electron chi connectivity index (χ2n) is 6.04. The van der Waals surface area contributed by atoms with Crippen molar-refractivity contribution in [2.45, 2.75) is 6.92 Å². The maximum Gasteiger partial charge on any atom is 0.269 e. The van der Waals surface area contributed by atoms with Gasteiger partial charge in [0.05, 0.1) is 17.5 Å². The summed E-state index contributed by atoms with van der Waals surface area (Å²) in [5, 5.41) is 12.7. The molecule has 4 heterocycles. The van der Waals surface area contributed by atoms with Crippen molar-refractivity contribution in [1.82, 2.24) is 9.97 Å². The summed E-state index contributed by atoms with van der Waals surface area (Å²) in [6, 6.07) is 8.98. The fraction of sp³-hybridized carbons (Fsp3) is 0.0526. The van der Waals surface area contributed by atoms with Crippen molar-refractivity contribution in [3.63, 3.8) is 0 Å². The van der Waals surface area contributed by atoms with E-state index in [-0.39, 0.29) is 21.9 Å². The maximum atomic E-state index is 12.8. The van der Waals surface area contributed by atoms with Crippen LogP contribution in [0.5, 0.6) is 0 Å². The fourth-order valence-corrected chi connectivity index (χ4v) is 3.84. The molecule has 0 saturated carbocycles. The highest BCUT2D eigenvalue weighted by Gasteiger charge is 2.25. The Labute approximate surface area is 163 Å². The molecule has 0 aromatic carbocycles. The number of nitrogens with two attached hydrogens (primary N) is 2. The van der Waals surface area contributed by atoms with Gasteiger partial charge in [-0.3, -0.25) is 4.79 Å². The summed E-state index contributed by atoms with van der Waals surface area (Å²) >= 11 is 1.09. The number of aryl methyl sites for hydroxylation is 1. The Hall–Kier alpha value is -3.90. The van der Waals surface area contributed by atoms with E-state index in [1.807, 2.05) is 19.1 Å². The number of amides is 1. The van der Waals surface area contributed by atoms with Gasteiger partial charge in [-0.1, -0.05) is 6.07 Å². The van der Waals surface area contributed by atoms with Crippen molar-refractivity contribution in [3.8, 4) is 17.4 Å². The van der Waals surface area contributed by atoms with Crippen LogP contribution in [0.15, 0.2) is 41.1 Å². The highest BCUT2D eigenvalue weighted by atomic mass is 32.1.